The van der Waals surface area contributed by atoms with Crippen molar-refractivity contribution in [3.63, 3.8) is 0 Å². The van der Waals surface area contributed by atoms with E-state index in [1.165, 1.54) is 23.0 Å². The summed E-state index contributed by atoms with van der Waals surface area (Å²) in [6, 6.07) is 8.32. The molecule has 1 amide bonds. The minimum absolute atomic E-state index is 0.00240. The van der Waals surface area contributed by atoms with E-state index in [1.807, 2.05) is 31.2 Å². The highest BCUT2D eigenvalue weighted by Gasteiger charge is 2.30. The Balaban J connectivity index is 1.91. The topological polar surface area (TPSA) is 23.6 Å². The number of hydrogen-bond donors (Lipinski definition) is 0. The van der Waals surface area contributed by atoms with E-state index in [0.717, 1.165) is 12.2 Å². The third kappa shape index (κ3) is 2.99. The van der Waals surface area contributed by atoms with E-state index in [4.69, 9.17) is 12.2 Å². The Morgan fingerprint density at radius 1 is 1.09 bits per heavy atom. The third-order valence-electron chi connectivity index (χ3n) is 3.88. The zero-order valence-corrected chi connectivity index (χ0v) is 14.8. The molecule has 3 rings (SSSR count). The van der Waals surface area contributed by atoms with Crippen molar-refractivity contribution in [1.82, 2.24) is 4.90 Å². The van der Waals surface area contributed by atoms with Crippen LogP contribution in [0.5, 0.6) is 0 Å². The van der Waals surface area contributed by atoms with Gasteiger partial charge in [-0.15, -0.1) is 0 Å². The molecular formula is C18H18N2OS2. The number of fused-ring (bicyclic) bond motifs is 1. The summed E-state index contributed by atoms with van der Waals surface area (Å²) in [6.07, 6.45) is 8.07. The quantitative estimate of drug-likeness (QED) is 0.607. The molecule has 2 heterocycles. The van der Waals surface area contributed by atoms with Crippen LogP contribution in [0.15, 0.2) is 53.1 Å². The Labute approximate surface area is 146 Å². The average molecular weight is 342 g/mol. The maximum Gasteiger partial charge on any atom is 0.266 e. The Hall–Kier alpha value is -1.85. The van der Waals surface area contributed by atoms with Crippen LogP contribution in [0.3, 0.4) is 0 Å². The van der Waals surface area contributed by atoms with Gasteiger partial charge in [0.1, 0.15) is 4.32 Å². The normalized spacial score (nSPS) is 20.8. The second-order valence-corrected chi connectivity index (χ2v) is 6.85. The second-order valence-electron chi connectivity index (χ2n) is 5.18. The molecule has 5 heteroatoms. The van der Waals surface area contributed by atoms with Gasteiger partial charge in [0.15, 0.2) is 0 Å². The predicted molar refractivity (Wildman–Crippen MR) is 102 cm³/mol. The number of anilines is 1. The Bertz CT molecular complexity index is 749. The van der Waals surface area contributed by atoms with Gasteiger partial charge in [-0.25, -0.2) is 0 Å². The van der Waals surface area contributed by atoms with E-state index >= 15 is 0 Å². The van der Waals surface area contributed by atoms with Gasteiger partial charge in [0.25, 0.3) is 5.91 Å². The first-order valence-corrected chi connectivity index (χ1v) is 8.88. The van der Waals surface area contributed by atoms with Gasteiger partial charge in [-0.2, -0.15) is 0 Å². The zero-order chi connectivity index (χ0) is 16.4. The lowest BCUT2D eigenvalue weighted by Gasteiger charge is -2.29. The molecule has 1 aromatic rings. The smallest absolute Gasteiger partial charge is 0.266 e. The number of allylic oxidation sites excluding steroid dienone is 3. The lowest BCUT2D eigenvalue weighted by molar-refractivity contribution is -0.122. The van der Waals surface area contributed by atoms with Crippen molar-refractivity contribution >= 4 is 46.0 Å². The molecule has 118 valence electrons. The number of carbonyl (C=O) groups is 1. The minimum atomic E-state index is 0.00240. The fourth-order valence-corrected chi connectivity index (χ4v) is 4.05. The van der Waals surface area contributed by atoms with Crippen molar-refractivity contribution in [1.29, 1.82) is 0 Å². The molecule has 2 aliphatic rings. The van der Waals surface area contributed by atoms with Crippen LogP contribution in [-0.2, 0) is 4.79 Å². The fraction of sp³-hybridized carbons (Fsp3) is 0.222. The third-order valence-corrected chi connectivity index (χ3v) is 5.28. The van der Waals surface area contributed by atoms with E-state index in [-0.39, 0.29) is 5.91 Å². The molecule has 0 spiro atoms. The maximum atomic E-state index is 12.3. The van der Waals surface area contributed by atoms with E-state index in [2.05, 4.69) is 36.1 Å². The first-order valence-electron chi connectivity index (χ1n) is 7.66. The summed E-state index contributed by atoms with van der Waals surface area (Å²) in [5, 5.41) is 0. The number of likely N-dealkylation sites (N-methyl/N-ethyl adjacent to an activating group) is 2. The summed E-state index contributed by atoms with van der Waals surface area (Å²) in [5.74, 6) is 0.00240. The Morgan fingerprint density at radius 2 is 1.83 bits per heavy atom. The Kier molecular flexibility index (Phi) is 4.68. The molecular weight excluding hydrogens is 324 g/mol. The molecule has 0 radical (unpaired) electrons. The van der Waals surface area contributed by atoms with Crippen LogP contribution < -0.4 is 4.90 Å². The minimum Gasteiger partial charge on any atom is -0.341 e. The first kappa shape index (κ1) is 16.0. The van der Waals surface area contributed by atoms with Crippen LogP contribution in [-0.4, -0.2) is 28.2 Å². The number of hydrogen-bond acceptors (Lipinski definition) is 4. The Morgan fingerprint density at radius 3 is 2.52 bits per heavy atom. The lowest BCUT2D eigenvalue weighted by atomic mass is 10.1. The van der Waals surface area contributed by atoms with Crippen molar-refractivity contribution in [3.05, 3.63) is 58.7 Å². The monoisotopic (exact) mass is 342 g/mol. The molecule has 0 N–H and O–H groups in total. The number of para-hydroxylation sites is 1. The molecule has 3 nitrogen and oxygen atoms in total. The molecule has 0 unspecified atom stereocenters. The summed E-state index contributed by atoms with van der Waals surface area (Å²) in [6.45, 7) is 5.55. The van der Waals surface area contributed by atoms with Gasteiger partial charge in [0.2, 0.25) is 0 Å². The van der Waals surface area contributed by atoms with E-state index < -0.39 is 0 Å². The first-order chi connectivity index (χ1) is 11.2. The fourth-order valence-electron chi connectivity index (χ4n) is 2.72. The summed E-state index contributed by atoms with van der Waals surface area (Å²) in [4.78, 5) is 16.8. The molecule has 1 saturated heterocycles. The SMILES string of the molecule is CCN1C(=O)/C(=C\C=C2/C=Cc3ccccc3N2CC)SC1=S. The predicted octanol–water partition coefficient (Wildman–Crippen LogP) is 4.19. The van der Waals surface area contributed by atoms with Crippen molar-refractivity contribution < 1.29 is 4.79 Å². The highest BCUT2D eigenvalue weighted by atomic mass is 32.2. The summed E-state index contributed by atoms with van der Waals surface area (Å²) in [7, 11) is 0. The molecule has 1 aromatic carbocycles. The number of thioether (sulfide) groups is 1. The zero-order valence-electron chi connectivity index (χ0n) is 13.2. The molecule has 0 aliphatic carbocycles. The molecule has 23 heavy (non-hydrogen) atoms. The number of carbonyl (C=O) groups excluding carboxylic acids is 1. The highest BCUT2D eigenvalue weighted by Crippen LogP contribution is 2.33. The number of nitrogens with zero attached hydrogens (tertiary/aromatic N) is 2. The van der Waals surface area contributed by atoms with Gasteiger partial charge in [0.05, 0.1) is 4.91 Å². The highest BCUT2D eigenvalue weighted by molar-refractivity contribution is 8.26. The van der Waals surface area contributed by atoms with Gasteiger partial charge in [0, 0.05) is 24.5 Å². The van der Waals surface area contributed by atoms with Crippen molar-refractivity contribution in [2.45, 2.75) is 13.8 Å². The van der Waals surface area contributed by atoms with Gasteiger partial charge < -0.3 is 4.90 Å². The van der Waals surface area contributed by atoms with Crippen LogP contribution in [0.1, 0.15) is 19.4 Å². The summed E-state index contributed by atoms with van der Waals surface area (Å²) >= 11 is 6.62. The van der Waals surface area contributed by atoms with Crippen molar-refractivity contribution in [2.24, 2.45) is 0 Å². The van der Waals surface area contributed by atoms with Crippen LogP contribution >= 0.6 is 24.0 Å². The standard InChI is InChI=1S/C18H18N2OS2/c1-3-19-14(10-9-13-7-5-6-8-15(13)19)11-12-16-17(21)20(4-2)18(22)23-16/h5-12H,3-4H2,1-2H3/b14-11+,16-12+. The largest absolute Gasteiger partial charge is 0.341 e. The number of benzene rings is 1. The average Bonchev–Trinajstić information content (AvgIpc) is 2.85. The summed E-state index contributed by atoms with van der Waals surface area (Å²) in [5.41, 5.74) is 3.48. The van der Waals surface area contributed by atoms with E-state index in [1.54, 1.807) is 4.90 Å². The van der Waals surface area contributed by atoms with Gasteiger partial charge in [-0.05, 0) is 43.7 Å². The number of rotatable bonds is 3. The van der Waals surface area contributed by atoms with Crippen LogP contribution in [0.2, 0.25) is 0 Å². The van der Waals surface area contributed by atoms with Gasteiger partial charge in [-0.3, -0.25) is 9.69 Å². The molecule has 2 aliphatic heterocycles. The number of amides is 1. The van der Waals surface area contributed by atoms with E-state index in [0.29, 0.717) is 15.8 Å². The molecule has 0 atom stereocenters. The van der Waals surface area contributed by atoms with Crippen LogP contribution in [0, 0.1) is 0 Å². The van der Waals surface area contributed by atoms with Crippen LogP contribution in [0.25, 0.3) is 6.08 Å². The van der Waals surface area contributed by atoms with Crippen molar-refractivity contribution in [2.75, 3.05) is 18.0 Å². The van der Waals surface area contributed by atoms with Gasteiger partial charge in [-0.1, -0.05) is 48.3 Å². The maximum absolute atomic E-state index is 12.3. The summed E-state index contributed by atoms with van der Waals surface area (Å²) < 4.78 is 0.638. The second kappa shape index (κ2) is 6.72. The lowest BCUT2D eigenvalue weighted by Crippen LogP contribution is -2.27. The molecule has 0 saturated carbocycles. The van der Waals surface area contributed by atoms with Crippen LogP contribution in [0.4, 0.5) is 5.69 Å². The number of thiocarbonyl (C=S) groups is 1. The molecule has 1 fully saturated rings. The van der Waals surface area contributed by atoms with Gasteiger partial charge >= 0.3 is 0 Å². The van der Waals surface area contributed by atoms with E-state index in [9.17, 15) is 4.79 Å². The molecule has 0 aromatic heterocycles. The van der Waals surface area contributed by atoms with Crippen molar-refractivity contribution in [3.8, 4) is 0 Å². The molecule has 0 bridgehead atoms.